The lowest BCUT2D eigenvalue weighted by atomic mass is 10.1. The third kappa shape index (κ3) is 3.57. The van der Waals surface area contributed by atoms with Crippen LogP contribution in [0.2, 0.25) is 5.02 Å². The van der Waals surface area contributed by atoms with Crippen LogP contribution in [0.3, 0.4) is 0 Å². The fourth-order valence-electron chi connectivity index (χ4n) is 3.46. The molecule has 29 heavy (non-hydrogen) atoms. The molecular weight excluding hydrogens is 406 g/mol. The first-order valence-electron chi connectivity index (χ1n) is 9.18. The summed E-state index contributed by atoms with van der Waals surface area (Å²) in [6.07, 6.45) is 2.85. The Morgan fingerprint density at radius 3 is 2.86 bits per heavy atom. The Morgan fingerprint density at radius 2 is 2.07 bits per heavy atom. The van der Waals surface area contributed by atoms with Crippen LogP contribution in [-0.4, -0.2) is 14.5 Å². The molecule has 2 aromatic heterocycles. The highest BCUT2D eigenvalue weighted by atomic mass is 35.5. The van der Waals surface area contributed by atoms with E-state index in [1.165, 1.54) is 0 Å². The molecule has 0 aliphatic carbocycles. The van der Waals surface area contributed by atoms with Crippen molar-refractivity contribution in [2.75, 3.05) is 0 Å². The van der Waals surface area contributed by atoms with Crippen LogP contribution in [0.5, 0.6) is 5.75 Å². The molecule has 0 fully saturated rings. The van der Waals surface area contributed by atoms with E-state index in [2.05, 4.69) is 11.1 Å². The minimum Gasteiger partial charge on any atom is -0.487 e. The molecule has 0 saturated carbocycles. The van der Waals surface area contributed by atoms with Crippen LogP contribution in [0.1, 0.15) is 23.5 Å². The summed E-state index contributed by atoms with van der Waals surface area (Å²) in [5.41, 5.74) is 5.41. The number of aromatic nitrogens is 3. The van der Waals surface area contributed by atoms with Gasteiger partial charge in [0, 0.05) is 16.9 Å². The summed E-state index contributed by atoms with van der Waals surface area (Å²) in [5.74, 6) is 1.51. The molecule has 3 heterocycles. The molecule has 5 nitrogen and oxygen atoms in total. The Bertz CT molecular complexity index is 1280. The van der Waals surface area contributed by atoms with Crippen LogP contribution in [0.4, 0.5) is 0 Å². The number of hydrogen-bond donors (Lipinski definition) is 0. The van der Waals surface area contributed by atoms with Gasteiger partial charge in [0.1, 0.15) is 18.2 Å². The zero-order valence-electron chi connectivity index (χ0n) is 15.3. The summed E-state index contributed by atoms with van der Waals surface area (Å²) in [7, 11) is 0. The van der Waals surface area contributed by atoms with Crippen molar-refractivity contribution in [3.63, 3.8) is 0 Å². The van der Waals surface area contributed by atoms with Crippen LogP contribution in [0.15, 0.2) is 58.1 Å². The van der Waals surface area contributed by atoms with E-state index < -0.39 is 0 Å². The monoisotopic (exact) mass is 421 g/mol. The molecule has 0 bridgehead atoms. The van der Waals surface area contributed by atoms with Gasteiger partial charge < -0.3 is 4.74 Å². The second-order valence-electron chi connectivity index (χ2n) is 6.81. The molecule has 0 spiro atoms. The van der Waals surface area contributed by atoms with Gasteiger partial charge in [-0.05, 0) is 54.0 Å². The molecule has 4 aromatic rings. The highest BCUT2D eigenvalue weighted by Crippen LogP contribution is 2.28. The first-order chi connectivity index (χ1) is 14.2. The second-order valence-corrected chi connectivity index (χ2v) is 7.97. The Labute approximate surface area is 175 Å². The number of benzene rings is 2. The molecule has 2 aromatic carbocycles. The zero-order valence-corrected chi connectivity index (χ0v) is 16.9. The van der Waals surface area contributed by atoms with Crippen molar-refractivity contribution in [1.82, 2.24) is 14.5 Å². The average Bonchev–Trinajstić information content (AvgIpc) is 3.38. The van der Waals surface area contributed by atoms with Crippen molar-refractivity contribution in [1.29, 1.82) is 0 Å². The smallest absolute Gasteiger partial charge is 0.261 e. The van der Waals surface area contributed by atoms with Gasteiger partial charge in [0.2, 0.25) is 0 Å². The van der Waals surface area contributed by atoms with Gasteiger partial charge >= 0.3 is 0 Å². The summed E-state index contributed by atoms with van der Waals surface area (Å²) in [6, 6.07) is 13.1. The van der Waals surface area contributed by atoms with Crippen molar-refractivity contribution >= 4 is 45.5 Å². The number of allylic oxidation sites excluding steroid dienone is 1. The van der Waals surface area contributed by atoms with E-state index in [0.717, 1.165) is 29.0 Å². The van der Waals surface area contributed by atoms with E-state index in [-0.39, 0.29) is 5.56 Å². The largest absolute Gasteiger partial charge is 0.487 e. The van der Waals surface area contributed by atoms with E-state index in [4.69, 9.17) is 21.3 Å². The predicted octanol–water partition coefficient (Wildman–Crippen LogP) is 5.03. The molecule has 5 rings (SSSR count). The lowest BCUT2D eigenvalue weighted by Gasteiger charge is -2.06. The van der Waals surface area contributed by atoms with Crippen LogP contribution in [0, 0.1) is 0 Å². The first kappa shape index (κ1) is 18.1. The fraction of sp³-hybridized carbons (Fsp3) is 0.136. The van der Waals surface area contributed by atoms with Crippen LogP contribution in [0.25, 0.3) is 22.6 Å². The third-order valence-corrected chi connectivity index (χ3v) is 5.77. The highest BCUT2D eigenvalue weighted by molar-refractivity contribution is 7.07. The Balaban J connectivity index is 1.42. The number of thiazole rings is 1. The number of hydrogen-bond acceptors (Lipinski definition) is 5. The summed E-state index contributed by atoms with van der Waals surface area (Å²) in [4.78, 5) is 21.7. The molecule has 1 aliphatic heterocycles. The normalized spacial score (nSPS) is 14.4. The number of halogens is 1. The molecule has 0 N–H and O–H groups in total. The molecule has 144 valence electrons. The number of rotatable bonds is 4. The molecule has 0 amide bonds. The summed E-state index contributed by atoms with van der Waals surface area (Å²) < 4.78 is 7.50. The van der Waals surface area contributed by atoms with Crippen LogP contribution in [-0.2, 0) is 13.2 Å². The van der Waals surface area contributed by atoms with E-state index >= 15 is 0 Å². The Kier molecular flexibility index (Phi) is 4.66. The maximum Gasteiger partial charge on any atom is 0.261 e. The predicted molar refractivity (Wildman–Crippen MR) is 116 cm³/mol. The quantitative estimate of drug-likeness (QED) is 0.463. The fourth-order valence-corrected chi connectivity index (χ4v) is 4.16. The van der Waals surface area contributed by atoms with E-state index in [1.807, 2.05) is 29.6 Å². The maximum absolute atomic E-state index is 12.8. The van der Waals surface area contributed by atoms with Crippen molar-refractivity contribution < 1.29 is 4.74 Å². The van der Waals surface area contributed by atoms with Crippen molar-refractivity contribution in [3.8, 4) is 5.75 Å². The molecule has 7 heteroatoms. The van der Waals surface area contributed by atoms with Gasteiger partial charge in [0.15, 0.2) is 0 Å². The number of ether oxygens (including phenoxy) is 1. The van der Waals surface area contributed by atoms with Crippen molar-refractivity contribution in [2.45, 2.75) is 19.6 Å². The Hall–Kier alpha value is -2.96. The molecule has 0 unspecified atom stereocenters. The molecule has 0 radical (unpaired) electrons. The molecular formula is C22H16ClN3O2S. The SMILES string of the molecule is O=c1c2ccc(Cl)cc2nc2n1CCC2=Cc1ccc(OCc2cscn2)cc1. The summed E-state index contributed by atoms with van der Waals surface area (Å²) in [5, 5.41) is 3.15. The minimum absolute atomic E-state index is 0.0177. The molecule has 0 saturated heterocycles. The number of fused-ring (bicyclic) bond motifs is 2. The molecule has 1 aliphatic rings. The first-order valence-corrected chi connectivity index (χ1v) is 10.5. The standard InChI is InChI=1S/C22H16ClN3O2S/c23-16-3-6-19-20(10-16)25-21-15(7-8-26(21)22(19)27)9-14-1-4-18(5-2-14)28-11-17-12-29-13-24-17/h1-6,9-10,12-13H,7-8,11H2. The Morgan fingerprint density at radius 1 is 1.21 bits per heavy atom. The summed E-state index contributed by atoms with van der Waals surface area (Å²) >= 11 is 7.64. The van der Waals surface area contributed by atoms with Crippen LogP contribution >= 0.6 is 22.9 Å². The van der Waals surface area contributed by atoms with E-state index in [0.29, 0.717) is 34.9 Å². The van der Waals surface area contributed by atoms with Crippen molar-refractivity contribution in [3.05, 3.63) is 85.8 Å². The zero-order chi connectivity index (χ0) is 19.8. The van der Waals surface area contributed by atoms with Gasteiger partial charge in [0.05, 0.1) is 22.1 Å². The number of nitrogens with zero attached hydrogens (tertiary/aromatic N) is 3. The van der Waals surface area contributed by atoms with Gasteiger partial charge in [-0.1, -0.05) is 23.7 Å². The second kappa shape index (κ2) is 7.46. The maximum atomic E-state index is 12.8. The van der Waals surface area contributed by atoms with Gasteiger partial charge in [-0.3, -0.25) is 9.36 Å². The lowest BCUT2D eigenvalue weighted by Crippen LogP contribution is -2.20. The van der Waals surface area contributed by atoms with E-state index in [1.54, 1.807) is 39.6 Å². The van der Waals surface area contributed by atoms with Gasteiger partial charge in [0.25, 0.3) is 5.56 Å². The topological polar surface area (TPSA) is 57.0 Å². The average molecular weight is 422 g/mol. The minimum atomic E-state index is -0.0177. The van der Waals surface area contributed by atoms with Gasteiger partial charge in [-0.15, -0.1) is 11.3 Å². The van der Waals surface area contributed by atoms with Gasteiger partial charge in [-0.2, -0.15) is 0 Å². The van der Waals surface area contributed by atoms with Crippen molar-refractivity contribution in [2.24, 2.45) is 0 Å². The molecule has 0 atom stereocenters. The van der Waals surface area contributed by atoms with Gasteiger partial charge in [-0.25, -0.2) is 9.97 Å². The van der Waals surface area contributed by atoms with Crippen LogP contribution < -0.4 is 10.3 Å². The highest BCUT2D eigenvalue weighted by Gasteiger charge is 2.20. The third-order valence-electron chi connectivity index (χ3n) is 4.90. The van der Waals surface area contributed by atoms with E-state index in [9.17, 15) is 4.79 Å². The lowest BCUT2D eigenvalue weighted by molar-refractivity contribution is 0.302. The summed E-state index contributed by atoms with van der Waals surface area (Å²) in [6.45, 7) is 1.10.